The molecule has 4 nitrogen and oxygen atoms in total. The topological polar surface area (TPSA) is 47.9 Å². The van der Waals surface area contributed by atoms with Crippen LogP contribution in [-0.4, -0.2) is 41.4 Å². The van der Waals surface area contributed by atoms with Gasteiger partial charge in [0, 0.05) is 14.2 Å². The van der Waals surface area contributed by atoms with E-state index in [1.165, 1.54) is 6.08 Å². The highest BCUT2D eigenvalue weighted by atomic mass is 28.4. The van der Waals surface area contributed by atoms with Crippen molar-refractivity contribution < 1.29 is 14.0 Å². The molecule has 0 saturated carbocycles. The van der Waals surface area contributed by atoms with Gasteiger partial charge in [-0.1, -0.05) is 0 Å². The fourth-order valence-electron chi connectivity index (χ4n) is 1.12. The van der Waals surface area contributed by atoms with Crippen molar-refractivity contribution >= 4 is 14.4 Å². The third-order valence-electron chi connectivity index (χ3n) is 1.98. The standard InChI is InChI=1S/C8H17NO3Si/c1-11-8-13(3,12-2)6-4-5-9-7-10/h4-6,8H2,1-3H3. The molecule has 13 heavy (non-hydrogen) atoms. The van der Waals surface area contributed by atoms with E-state index in [4.69, 9.17) is 9.16 Å². The quantitative estimate of drug-likeness (QED) is 0.270. The lowest BCUT2D eigenvalue weighted by atomic mass is 10.5. The molecular weight excluding hydrogens is 186 g/mol. The summed E-state index contributed by atoms with van der Waals surface area (Å²) in [6.45, 7) is 2.65. The minimum Gasteiger partial charge on any atom is -0.418 e. The van der Waals surface area contributed by atoms with Crippen LogP contribution in [0.1, 0.15) is 6.42 Å². The molecule has 0 heterocycles. The Morgan fingerprint density at radius 2 is 2.15 bits per heavy atom. The summed E-state index contributed by atoms with van der Waals surface area (Å²) in [5.41, 5.74) is 0. The first-order valence-electron chi connectivity index (χ1n) is 4.26. The minimum absolute atomic E-state index is 0.541. The van der Waals surface area contributed by atoms with Gasteiger partial charge in [0.05, 0.1) is 12.8 Å². The Kier molecular flexibility index (Phi) is 6.71. The Morgan fingerprint density at radius 3 is 2.62 bits per heavy atom. The molecule has 0 saturated heterocycles. The molecule has 0 fully saturated rings. The van der Waals surface area contributed by atoms with E-state index in [0.717, 1.165) is 12.5 Å². The Bertz CT molecular complexity index is 182. The van der Waals surface area contributed by atoms with Gasteiger partial charge in [-0.15, -0.1) is 0 Å². The van der Waals surface area contributed by atoms with E-state index >= 15 is 0 Å². The van der Waals surface area contributed by atoms with E-state index in [1.54, 1.807) is 14.2 Å². The second-order valence-electron chi connectivity index (χ2n) is 3.16. The lowest BCUT2D eigenvalue weighted by Gasteiger charge is -2.23. The van der Waals surface area contributed by atoms with Crippen molar-refractivity contribution in [1.82, 2.24) is 0 Å². The molecule has 0 rings (SSSR count). The molecule has 1 unspecified atom stereocenters. The first kappa shape index (κ1) is 12.5. The molecule has 0 radical (unpaired) electrons. The highest BCUT2D eigenvalue weighted by Gasteiger charge is 2.26. The monoisotopic (exact) mass is 203 g/mol. The van der Waals surface area contributed by atoms with Crippen molar-refractivity contribution in [3.05, 3.63) is 0 Å². The number of aliphatic imine (C=N–C) groups is 1. The maximum atomic E-state index is 9.79. The van der Waals surface area contributed by atoms with Crippen molar-refractivity contribution in [3.63, 3.8) is 0 Å². The van der Waals surface area contributed by atoms with Crippen LogP contribution in [0.2, 0.25) is 12.6 Å². The maximum Gasteiger partial charge on any atom is 0.234 e. The predicted octanol–water partition coefficient (Wildman–Crippen LogP) is 1.12. The molecule has 0 spiro atoms. The summed E-state index contributed by atoms with van der Waals surface area (Å²) in [6, 6.07) is 0.961. The SMILES string of the molecule is COC[Si](C)(CCCN=C=O)OC. The van der Waals surface area contributed by atoms with Crippen molar-refractivity contribution in [1.29, 1.82) is 0 Å². The number of nitrogens with zero attached hydrogens (tertiary/aromatic N) is 1. The fraction of sp³-hybridized carbons (Fsp3) is 0.875. The zero-order chi connectivity index (χ0) is 10.2. The zero-order valence-electron chi connectivity index (χ0n) is 8.50. The molecule has 0 aliphatic rings. The van der Waals surface area contributed by atoms with Gasteiger partial charge in [-0.3, -0.25) is 0 Å². The van der Waals surface area contributed by atoms with Crippen LogP contribution in [0, 0.1) is 0 Å². The molecule has 0 aliphatic heterocycles. The molecule has 76 valence electrons. The Balaban J connectivity index is 3.75. The van der Waals surface area contributed by atoms with E-state index in [0.29, 0.717) is 12.8 Å². The second kappa shape index (κ2) is 6.97. The number of hydrogen-bond donors (Lipinski definition) is 0. The molecule has 0 bridgehead atoms. The third kappa shape index (κ3) is 5.71. The summed E-state index contributed by atoms with van der Waals surface area (Å²) in [6.07, 6.45) is 3.08. The van der Waals surface area contributed by atoms with Gasteiger partial charge >= 0.3 is 0 Å². The van der Waals surface area contributed by atoms with E-state index in [2.05, 4.69) is 11.5 Å². The summed E-state index contributed by atoms with van der Waals surface area (Å²) < 4.78 is 10.5. The molecule has 0 aromatic carbocycles. The smallest absolute Gasteiger partial charge is 0.234 e. The first-order chi connectivity index (χ1) is 6.18. The van der Waals surface area contributed by atoms with Crippen molar-refractivity contribution in [2.24, 2.45) is 4.99 Å². The number of isocyanates is 1. The van der Waals surface area contributed by atoms with Crippen molar-refractivity contribution in [3.8, 4) is 0 Å². The molecule has 0 aliphatic carbocycles. The molecular formula is C8H17NO3Si. The van der Waals surface area contributed by atoms with Crippen LogP contribution in [0.3, 0.4) is 0 Å². The normalized spacial score (nSPS) is 14.7. The van der Waals surface area contributed by atoms with E-state index in [1.807, 2.05) is 0 Å². The molecule has 1 atom stereocenters. The average Bonchev–Trinajstić information content (AvgIpc) is 2.13. The second-order valence-corrected chi connectivity index (χ2v) is 7.26. The van der Waals surface area contributed by atoms with Gasteiger partial charge in [-0.25, -0.2) is 9.79 Å². The molecule has 0 aromatic heterocycles. The summed E-state index contributed by atoms with van der Waals surface area (Å²) in [7, 11) is 1.71. The summed E-state index contributed by atoms with van der Waals surface area (Å²) >= 11 is 0. The van der Waals surface area contributed by atoms with E-state index in [9.17, 15) is 4.79 Å². The van der Waals surface area contributed by atoms with Crippen LogP contribution in [0.25, 0.3) is 0 Å². The number of rotatable bonds is 7. The van der Waals surface area contributed by atoms with Crippen LogP contribution in [0.5, 0.6) is 0 Å². The van der Waals surface area contributed by atoms with Gasteiger partial charge in [-0.05, 0) is 19.0 Å². The zero-order valence-corrected chi connectivity index (χ0v) is 9.50. The number of methoxy groups -OCH3 is 1. The van der Waals surface area contributed by atoms with Gasteiger partial charge < -0.3 is 9.16 Å². The van der Waals surface area contributed by atoms with Gasteiger partial charge in [-0.2, -0.15) is 0 Å². The Morgan fingerprint density at radius 1 is 1.46 bits per heavy atom. The molecule has 0 amide bonds. The maximum absolute atomic E-state index is 9.79. The van der Waals surface area contributed by atoms with Crippen LogP contribution < -0.4 is 0 Å². The Hall–Kier alpha value is -0.483. The lowest BCUT2D eigenvalue weighted by molar-refractivity contribution is 0.221. The van der Waals surface area contributed by atoms with Crippen molar-refractivity contribution in [2.45, 2.75) is 19.0 Å². The van der Waals surface area contributed by atoms with E-state index in [-0.39, 0.29) is 0 Å². The number of carbonyl (C=O) groups excluding carboxylic acids is 1. The third-order valence-corrected chi connectivity index (χ3v) is 5.28. The molecule has 0 N–H and O–H groups in total. The first-order valence-corrected chi connectivity index (χ1v) is 7.08. The fourth-order valence-corrected chi connectivity index (χ4v) is 3.10. The van der Waals surface area contributed by atoms with Crippen molar-refractivity contribution in [2.75, 3.05) is 27.0 Å². The van der Waals surface area contributed by atoms with Gasteiger partial charge in [0.25, 0.3) is 0 Å². The molecule has 0 aromatic rings. The summed E-state index contributed by atoms with van der Waals surface area (Å²) in [4.78, 5) is 13.3. The van der Waals surface area contributed by atoms with Crippen LogP contribution >= 0.6 is 0 Å². The predicted molar refractivity (Wildman–Crippen MR) is 52.9 cm³/mol. The highest BCUT2D eigenvalue weighted by Crippen LogP contribution is 2.13. The van der Waals surface area contributed by atoms with Gasteiger partial charge in [0.15, 0.2) is 0 Å². The minimum atomic E-state index is -1.69. The average molecular weight is 203 g/mol. The number of hydrogen-bond acceptors (Lipinski definition) is 4. The summed E-state index contributed by atoms with van der Waals surface area (Å²) in [5.74, 6) is 0. The van der Waals surface area contributed by atoms with Crippen LogP contribution in [-0.2, 0) is 14.0 Å². The van der Waals surface area contributed by atoms with Crippen LogP contribution in [0.15, 0.2) is 4.99 Å². The summed E-state index contributed by atoms with van der Waals surface area (Å²) in [5, 5.41) is 0. The highest BCUT2D eigenvalue weighted by molar-refractivity contribution is 6.72. The number of ether oxygens (including phenoxy) is 1. The van der Waals surface area contributed by atoms with Crippen LogP contribution in [0.4, 0.5) is 0 Å². The largest absolute Gasteiger partial charge is 0.418 e. The lowest BCUT2D eigenvalue weighted by Crippen LogP contribution is -2.39. The van der Waals surface area contributed by atoms with Gasteiger partial charge in [0.2, 0.25) is 14.4 Å². The Labute approximate surface area is 80.1 Å². The van der Waals surface area contributed by atoms with E-state index < -0.39 is 8.32 Å². The molecule has 5 heteroatoms. The van der Waals surface area contributed by atoms with Gasteiger partial charge in [0.1, 0.15) is 0 Å².